The lowest BCUT2D eigenvalue weighted by molar-refractivity contribution is -0.142. The quantitative estimate of drug-likeness (QED) is 0.462. The Labute approximate surface area is 203 Å². The molecule has 0 heterocycles. The Morgan fingerprint density at radius 3 is 2.31 bits per heavy atom. The van der Waals surface area contributed by atoms with Crippen LogP contribution in [0.3, 0.4) is 0 Å². The van der Waals surface area contributed by atoms with E-state index in [-0.39, 0.29) is 36.9 Å². The number of ether oxygens (including phenoxy) is 1. The highest BCUT2D eigenvalue weighted by Crippen LogP contribution is 2.63. The molecule has 2 saturated carbocycles. The normalized spacial score (nSPS) is 25.5. The summed E-state index contributed by atoms with van der Waals surface area (Å²) in [6, 6.07) is 16.2. The first kappa shape index (κ1) is 23.4. The van der Waals surface area contributed by atoms with Crippen LogP contribution in [0.5, 0.6) is 0 Å². The number of nitrogens with one attached hydrogen (secondary N) is 2. The molecular formula is C27H30N2O6. The van der Waals surface area contributed by atoms with E-state index in [2.05, 4.69) is 34.9 Å². The Hall–Kier alpha value is -3.39. The molecule has 35 heavy (non-hydrogen) atoms. The molecule has 184 valence electrons. The van der Waals surface area contributed by atoms with Crippen LogP contribution in [0.1, 0.15) is 49.7 Å². The summed E-state index contributed by atoms with van der Waals surface area (Å²) in [7, 11) is 0. The zero-order valence-electron chi connectivity index (χ0n) is 19.6. The first-order valence-corrected chi connectivity index (χ1v) is 12.0. The van der Waals surface area contributed by atoms with Gasteiger partial charge in [-0.2, -0.15) is 0 Å². The van der Waals surface area contributed by atoms with Crippen LogP contribution in [0.25, 0.3) is 11.1 Å². The molecule has 0 aromatic heterocycles. The van der Waals surface area contributed by atoms with Gasteiger partial charge in [0, 0.05) is 18.5 Å². The molecule has 8 heteroatoms. The maximum Gasteiger partial charge on any atom is 0.407 e. The van der Waals surface area contributed by atoms with Gasteiger partial charge in [0.1, 0.15) is 6.61 Å². The topological polar surface area (TPSA) is 125 Å². The molecule has 4 N–H and O–H groups in total. The lowest BCUT2D eigenvalue weighted by Crippen LogP contribution is -2.45. The van der Waals surface area contributed by atoms with Crippen molar-refractivity contribution in [1.29, 1.82) is 0 Å². The van der Waals surface area contributed by atoms with Gasteiger partial charge in [0.05, 0.1) is 17.4 Å². The number of benzene rings is 2. The van der Waals surface area contributed by atoms with E-state index in [0.717, 1.165) is 17.5 Å². The molecule has 2 aromatic rings. The highest BCUT2D eigenvalue weighted by atomic mass is 16.5. The summed E-state index contributed by atoms with van der Waals surface area (Å²) in [6.45, 7) is 1.50. The summed E-state index contributed by atoms with van der Waals surface area (Å²) in [5, 5.41) is 24.7. The molecule has 2 fully saturated rings. The number of alkyl carbamates (subject to hydrolysis) is 1. The van der Waals surface area contributed by atoms with E-state index in [1.807, 2.05) is 24.3 Å². The van der Waals surface area contributed by atoms with Crippen LogP contribution in [0.4, 0.5) is 4.79 Å². The zero-order valence-corrected chi connectivity index (χ0v) is 19.6. The SMILES string of the molecule is CC(O)(CNC(=O)[C@@]12C[C@@H](NC(=O)OCC3c4ccccc4-c4ccccc43)C[C@@H]1C2)CC(=O)O. The van der Waals surface area contributed by atoms with Gasteiger partial charge in [0.2, 0.25) is 5.91 Å². The molecule has 0 bridgehead atoms. The minimum Gasteiger partial charge on any atom is -0.481 e. The minimum absolute atomic E-state index is 0.0131. The van der Waals surface area contributed by atoms with E-state index in [1.165, 1.54) is 18.1 Å². The zero-order chi connectivity index (χ0) is 24.8. The van der Waals surface area contributed by atoms with Gasteiger partial charge in [0.25, 0.3) is 0 Å². The fourth-order valence-electron chi connectivity index (χ4n) is 5.93. The van der Waals surface area contributed by atoms with Crippen LogP contribution in [0.2, 0.25) is 0 Å². The fraction of sp³-hybridized carbons (Fsp3) is 0.444. The summed E-state index contributed by atoms with van der Waals surface area (Å²) in [5.41, 5.74) is 2.57. The lowest BCUT2D eigenvalue weighted by atomic mass is 9.98. The summed E-state index contributed by atoms with van der Waals surface area (Å²) < 4.78 is 5.63. The molecule has 3 aliphatic carbocycles. The van der Waals surface area contributed by atoms with E-state index < -0.39 is 29.5 Å². The van der Waals surface area contributed by atoms with Gasteiger partial charge in [0.15, 0.2) is 0 Å². The average molecular weight is 479 g/mol. The molecule has 0 radical (unpaired) electrons. The van der Waals surface area contributed by atoms with Gasteiger partial charge >= 0.3 is 12.1 Å². The fourth-order valence-corrected chi connectivity index (χ4v) is 5.93. The van der Waals surface area contributed by atoms with E-state index in [4.69, 9.17) is 9.84 Å². The Kier molecular flexibility index (Phi) is 5.79. The van der Waals surface area contributed by atoms with Crippen molar-refractivity contribution in [2.24, 2.45) is 11.3 Å². The minimum atomic E-state index is -1.51. The Morgan fingerprint density at radius 2 is 1.69 bits per heavy atom. The molecule has 5 rings (SSSR count). The monoisotopic (exact) mass is 478 g/mol. The molecule has 3 aliphatic rings. The number of aliphatic hydroxyl groups is 1. The number of rotatable bonds is 8. The second kappa shape index (κ2) is 8.68. The second-order valence-corrected chi connectivity index (χ2v) is 10.4. The standard InChI is InChI=1S/C27H30N2O6/c1-26(34,13-23(30)31)15-28-24(32)27-11-16(27)10-17(12-27)29-25(33)35-14-22-20-8-4-2-6-18(20)19-7-3-5-9-21(19)22/h2-9,16-17,22,34H,10-15H2,1H3,(H,28,32)(H,29,33)(H,30,31)/t16-,17+,26?,27+/m1/s1. The summed E-state index contributed by atoms with van der Waals surface area (Å²) in [6.07, 6.45) is 1.01. The van der Waals surface area contributed by atoms with Crippen LogP contribution in [0, 0.1) is 11.3 Å². The lowest BCUT2D eigenvalue weighted by Gasteiger charge is -2.24. The number of hydrogen-bond donors (Lipinski definition) is 4. The van der Waals surface area contributed by atoms with E-state index >= 15 is 0 Å². The maximum absolute atomic E-state index is 12.8. The summed E-state index contributed by atoms with van der Waals surface area (Å²) in [4.78, 5) is 36.3. The van der Waals surface area contributed by atoms with Crippen molar-refractivity contribution >= 4 is 18.0 Å². The molecule has 0 aliphatic heterocycles. The smallest absolute Gasteiger partial charge is 0.407 e. The van der Waals surface area contributed by atoms with Gasteiger partial charge in [-0.3, -0.25) is 9.59 Å². The number of amides is 2. The second-order valence-electron chi connectivity index (χ2n) is 10.4. The van der Waals surface area contributed by atoms with Crippen molar-refractivity contribution < 1.29 is 29.3 Å². The molecule has 4 atom stereocenters. The highest BCUT2D eigenvalue weighted by molar-refractivity contribution is 5.87. The summed E-state index contributed by atoms with van der Waals surface area (Å²) in [5.74, 6) is -1.16. The number of aliphatic carboxylic acids is 1. The van der Waals surface area contributed by atoms with Crippen molar-refractivity contribution in [3.63, 3.8) is 0 Å². The van der Waals surface area contributed by atoms with Gasteiger partial charge < -0.3 is 25.6 Å². The first-order chi connectivity index (χ1) is 16.7. The molecule has 2 aromatic carbocycles. The Balaban J connectivity index is 1.14. The number of carbonyl (C=O) groups excluding carboxylic acids is 2. The summed E-state index contributed by atoms with van der Waals surface area (Å²) >= 11 is 0. The Morgan fingerprint density at radius 1 is 1.06 bits per heavy atom. The third-order valence-corrected chi connectivity index (χ3v) is 7.69. The molecule has 0 saturated heterocycles. The average Bonchev–Trinajstić information content (AvgIpc) is 3.24. The number of fused-ring (bicyclic) bond motifs is 4. The third kappa shape index (κ3) is 4.50. The van der Waals surface area contributed by atoms with Crippen molar-refractivity contribution in [2.75, 3.05) is 13.2 Å². The number of carboxylic acid groups (broad SMARTS) is 1. The third-order valence-electron chi connectivity index (χ3n) is 7.69. The van der Waals surface area contributed by atoms with Gasteiger partial charge in [-0.25, -0.2) is 4.79 Å². The van der Waals surface area contributed by atoms with Crippen LogP contribution < -0.4 is 10.6 Å². The van der Waals surface area contributed by atoms with Gasteiger partial charge in [-0.05, 0) is 54.4 Å². The van der Waals surface area contributed by atoms with Crippen LogP contribution in [0.15, 0.2) is 48.5 Å². The van der Waals surface area contributed by atoms with Crippen LogP contribution in [-0.2, 0) is 14.3 Å². The molecule has 1 unspecified atom stereocenters. The molecular weight excluding hydrogens is 448 g/mol. The van der Waals surface area contributed by atoms with Crippen molar-refractivity contribution in [3.8, 4) is 11.1 Å². The predicted molar refractivity (Wildman–Crippen MR) is 128 cm³/mol. The van der Waals surface area contributed by atoms with E-state index in [0.29, 0.717) is 12.8 Å². The van der Waals surface area contributed by atoms with Crippen LogP contribution in [-0.4, -0.2) is 53.0 Å². The molecule has 0 spiro atoms. The predicted octanol–water partition coefficient (Wildman–Crippen LogP) is 3.04. The number of carboxylic acids is 1. The van der Waals surface area contributed by atoms with Gasteiger partial charge in [-0.15, -0.1) is 0 Å². The molecule has 8 nitrogen and oxygen atoms in total. The highest BCUT2D eigenvalue weighted by Gasteiger charge is 2.65. The largest absolute Gasteiger partial charge is 0.481 e. The van der Waals surface area contributed by atoms with Crippen LogP contribution >= 0.6 is 0 Å². The Bertz CT molecular complexity index is 1130. The maximum atomic E-state index is 12.8. The van der Waals surface area contributed by atoms with Crippen molar-refractivity contribution in [1.82, 2.24) is 10.6 Å². The van der Waals surface area contributed by atoms with Gasteiger partial charge in [-0.1, -0.05) is 48.5 Å². The van der Waals surface area contributed by atoms with E-state index in [1.54, 1.807) is 0 Å². The van der Waals surface area contributed by atoms with Crippen molar-refractivity contribution in [3.05, 3.63) is 59.7 Å². The number of hydrogen-bond acceptors (Lipinski definition) is 5. The number of carbonyl (C=O) groups is 3. The molecule has 2 amide bonds. The first-order valence-electron chi connectivity index (χ1n) is 12.0. The van der Waals surface area contributed by atoms with Crippen molar-refractivity contribution in [2.45, 2.75) is 50.2 Å². The van der Waals surface area contributed by atoms with E-state index in [9.17, 15) is 19.5 Å².